The highest BCUT2D eigenvalue weighted by molar-refractivity contribution is 7.18. The first-order valence-electron chi connectivity index (χ1n) is 9.36. The Morgan fingerprint density at radius 1 is 1.00 bits per heavy atom. The summed E-state index contributed by atoms with van der Waals surface area (Å²) in [5.74, 6) is 0.204. The minimum absolute atomic E-state index is 0.238. The normalized spacial score (nSPS) is 10.5. The van der Waals surface area contributed by atoms with Crippen LogP contribution in [0.1, 0.15) is 25.6 Å². The molecule has 2 N–H and O–H groups in total. The Morgan fingerprint density at radius 2 is 1.81 bits per heavy atom. The molecule has 0 aliphatic heterocycles. The SMILES string of the molecule is COc1ccc(C(=O)Nc2ccc(C(=O)Nc3ccc(-n4cncn4)cc3)s2)c(C)c1. The van der Waals surface area contributed by atoms with Gasteiger partial charge in [0.05, 0.1) is 22.7 Å². The Balaban J connectivity index is 1.40. The first kappa shape index (κ1) is 20.3. The van der Waals surface area contributed by atoms with Crippen molar-refractivity contribution in [2.24, 2.45) is 0 Å². The molecule has 0 bridgehead atoms. The van der Waals surface area contributed by atoms with E-state index in [1.54, 1.807) is 60.6 Å². The van der Waals surface area contributed by atoms with Crippen LogP contribution in [-0.4, -0.2) is 33.7 Å². The van der Waals surface area contributed by atoms with Gasteiger partial charge in [-0.15, -0.1) is 11.3 Å². The maximum atomic E-state index is 12.6. The number of nitrogens with one attached hydrogen (secondary N) is 2. The molecule has 2 aromatic carbocycles. The number of aromatic nitrogens is 3. The van der Waals surface area contributed by atoms with Crippen molar-refractivity contribution < 1.29 is 14.3 Å². The van der Waals surface area contributed by atoms with Gasteiger partial charge in [0, 0.05) is 11.3 Å². The topological polar surface area (TPSA) is 98.1 Å². The van der Waals surface area contributed by atoms with Gasteiger partial charge in [0.1, 0.15) is 18.4 Å². The third kappa shape index (κ3) is 4.62. The number of amides is 2. The molecule has 2 aromatic heterocycles. The Kier molecular flexibility index (Phi) is 5.76. The predicted octanol–water partition coefficient (Wildman–Crippen LogP) is 4.15. The molecule has 0 spiro atoms. The van der Waals surface area contributed by atoms with Crippen LogP contribution in [0.5, 0.6) is 5.75 Å². The Bertz CT molecular complexity index is 1220. The van der Waals surface area contributed by atoms with Crippen LogP contribution in [0.3, 0.4) is 0 Å². The number of benzene rings is 2. The van der Waals surface area contributed by atoms with Gasteiger partial charge in [-0.2, -0.15) is 5.10 Å². The number of rotatable bonds is 6. The maximum Gasteiger partial charge on any atom is 0.265 e. The summed E-state index contributed by atoms with van der Waals surface area (Å²) in [6.07, 6.45) is 3.06. The van der Waals surface area contributed by atoms with Crippen molar-refractivity contribution in [1.29, 1.82) is 0 Å². The Labute approximate surface area is 182 Å². The fourth-order valence-corrected chi connectivity index (χ4v) is 3.75. The van der Waals surface area contributed by atoms with Crippen molar-refractivity contribution in [3.8, 4) is 11.4 Å². The number of ether oxygens (including phenoxy) is 1. The van der Waals surface area contributed by atoms with E-state index in [9.17, 15) is 9.59 Å². The number of hydrogen-bond donors (Lipinski definition) is 2. The van der Waals surface area contributed by atoms with Crippen molar-refractivity contribution in [3.05, 3.63) is 83.3 Å². The van der Waals surface area contributed by atoms with Crippen LogP contribution in [0, 0.1) is 6.92 Å². The molecule has 0 aliphatic rings. The van der Waals surface area contributed by atoms with Crippen molar-refractivity contribution >= 4 is 33.8 Å². The van der Waals surface area contributed by atoms with Gasteiger partial charge in [0.25, 0.3) is 11.8 Å². The van der Waals surface area contributed by atoms with Crippen molar-refractivity contribution in [3.63, 3.8) is 0 Å². The van der Waals surface area contributed by atoms with Gasteiger partial charge in [-0.05, 0) is 67.1 Å². The fourth-order valence-electron chi connectivity index (χ4n) is 2.96. The number of anilines is 2. The van der Waals surface area contributed by atoms with E-state index in [-0.39, 0.29) is 11.8 Å². The summed E-state index contributed by atoms with van der Waals surface area (Å²) in [5, 5.41) is 10.3. The zero-order valence-corrected chi connectivity index (χ0v) is 17.6. The first-order valence-corrected chi connectivity index (χ1v) is 10.2. The molecule has 4 rings (SSSR count). The van der Waals surface area contributed by atoms with Gasteiger partial charge < -0.3 is 15.4 Å². The third-order valence-corrected chi connectivity index (χ3v) is 5.55. The smallest absolute Gasteiger partial charge is 0.265 e. The van der Waals surface area contributed by atoms with Crippen LogP contribution in [0.15, 0.2) is 67.3 Å². The van der Waals surface area contributed by atoms with E-state index in [0.717, 1.165) is 11.3 Å². The molecule has 8 nitrogen and oxygen atoms in total. The second kappa shape index (κ2) is 8.80. The van der Waals surface area contributed by atoms with Crippen molar-refractivity contribution in [2.45, 2.75) is 6.92 Å². The molecule has 9 heteroatoms. The lowest BCUT2D eigenvalue weighted by Gasteiger charge is -2.08. The second-order valence-electron chi connectivity index (χ2n) is 6.64. The van der Waals surface area contributed by atoms with Gasteiger partial charge in [-0.25, -0.2) is 9.67 Å². The molecule has 0 fully saturated rings. The monoisotopic (exact) mass is 433 g/mol. The lowest BCUT2D eigenvalue weighted by Crippen LogP contribution is -2.12. The molecule has 0 aliphatic carbocycles. The number of aryl methyl sites for hydroxylation is 1. The van der Waals surface area contributed by atoms with Crippen LogP contribution in [-0.2, 0) is 0 Å². The predicted molar refractivity (Wildman–Crippen MR) is 119 cm³/mol. The van der Waals surface area contributed by atoms with Gasteiger partial charge >= 0.3 is 0 Å². The summed E-state index contributed by atoms with van der Waals surface area (Å²) in [4.78, 5) is 29.5. The fraction of sp³-hybridized carbons (Fsp3) is 0.0909. The van der Waals surface area contributed by atoms with Crippen LogP contribution in [0.2, 0.25) is 0 Å². The molecule has 0 unspecified atom stereocenters. The number of methoxy groups -OCH3 is 1. The van der Waals surface area contributed by atoms with Crippen molar-refractivity contribution in [1.82, 2.24) is 14.8 Å². The Hall–Kier alpha value is -3.98. The largest absolute Gasteiger partial charge is 0.497 e. The summed E-state index contributed by atoms with van der Waals surface area (Å²) in [5.41, 5.74) is 2.85. The summed E-state index contributed by atoms with van der Waals surface area (Å²) >= 11 is 1.21. The molecule has 156 valence electrons. The molecule has 2 amide bonds. The van der Waals surface area contributed by atoms with E-state index in [2.05, 4.69) is 20.7 Å². The average molecular weight is 433 g/mol. The molecular formula is C22H19N5O3S. The average Bonchev–Trinajstić information content (AvgIpc) is 3.46. The number of hydrogen-bond acceptors (Lipinski definition) is 6. The van der Waals surface area contributed by atoms with E-state index in [1.165, 1.54) is 17.7 Å². The molecule has 4 aromatic rings. The number of thiophene rings is 1. The molecule has 31 heavy (non-hydrogen) atoms. The highest BCUT2D eigenvalue weighted by Crippen LogP contribution is 2.25. The minimum Gasteiger partial charge on any atom is -0.497 e. The number of nitrogens with zero attached hydrogens (tertiary/aromatic N) is 3. The van der Waals surface area contributed by atoms with Crippen LogP contribution in [0.4, 0.5) is 10.7 Å². The Morgan fingerprint density at radius 3 is 2.48 bits per heavy atom. The van der Waals surface area contributed by atoms with Gasteiger partial charge in [-0.1, -0.05) is 0 Å². The molecule has 0 saturated carbocycles. The van der Waals surface area contributed by atoms with E-state index in [0.29, 0.717) is 26.9 Å². The minimum atomic E-state index is -0.250. The highest BCUT2D eigenvalue weighted by atomic mass is 32.1. The van der Waals surface area contributed by atoms with E-state index < -0.39 is 0 Å². The zero-order chi connectivity index (χ0) is 21.8. The van der Waals surface area contributed by atoms with Crippen LogP contribution < -0.4 is 15.4 Å². The third-order valence-electron chi connectivity index (χ3n) is 4.55. The van der Waals surface area contributed by atoms with Gasteiger partial charge in [0.2, 0.25) is 0 Å². The molecule has 0 atom stereocenters. The lowest BCUT2D eigenvalue weighted by molar-refractivity contribution is 0.101. The summed E-state index contributed by atoms with van der Waals surface area (Å²) in [6, 6.07) is 15.9. The second-order valence-corrected chi connectivity index (χ2v) is 7.72. The summed E-state index contributed by atoms with van der Waals surface area (Å²) in [6.45, 7) is 1.85. The summed E-state index contributed by atoms with van der Waals surface area (Å²) < 4.78 is 6.80. The first-order chi connectivity index (χ1) is 15.0. The zero-order valence-electron chi connectivity index (χ0n) is 16.8. The highest BCUT2D eigenvalue weighted by Gasteiger charge is 2.14. The van der Waals surface area contributed by atoms with E-state index in [4.69, 9.17) is 4.74 Å². The molecule has 0 saturated heterocycles. The van der Waals surface area contributed by atoms with Gasteiger partial charge in [0.15, 0.2) is 0 Å². The standard InChI is InChI=1S/C22H19N5O3S/c1-14-11-17(30-2)7-8-18(14)21(28)26-20-10-9-19(31-20)22(29)25-15-3-5-16(6-4-15)27-13-23-12-24-27/h3-13H,1-2H3,(H,25,29)(H,26,28). The van der Waals surface area contributed by atoms with Gasteiger partial charge in [-0.3, -0.25) is 9.59 Å². The van der Waals surface area contributed by atoms with E-state index >= 15 is 0 Å². The van der Waals surface area contributed by atoms with Crippen LogP contribution >= 0.6 is 11.3 Å². The quantitative estimate of drug-likeness (QED) is 0.476. The number of carbonyl (C=O) groups is 2. The maximum absolute atomic E-state index is 12.6. The van der Waals surface area contributed by atoms with E-state index in [1.807, 2.05) is 19.1 Å². The molecular weight excluding hydrogens is 414 g/mol. The van der Waals surface area contributed by atoms with Crippen LogP contribution in [0.25, 0.3) is 5.69 Å². The molecule has 0 radical (unpaired) electrons. The molecule has 2 heterocycles. The number of carbonyl (C=O) groups excluding carboxylic acids is 2. The van der Waals surface area contributed by atoms with Crippen molar-refractivity contribution in [2.75, 3.05) is 17.7 Å². The lowest BCUT2D eigenvalue weighted by atomic mass is 10.1. The summed E-state index contributed by atoms with van der Waals surface area (Å²) in [7, 11) is 1.58.